The monoisotopic (exact) mass is 994 g/mol. The molecule has 0 aliphatic carbocycles. The lowest BCUT2D eigenvalue weighted by atomic mass is 9.95. The molecule has 0 saturated carbocycles. The maximum atomic E-state index is 13.9. The summed E-state index contributed by atoms with van der Waals surface area (Å²) in [6.45, 7) is 7.33. The number of carbonyl (C=O) groups excluding carboxylic acids is 3. The molecule has 3 amide bonds. The summed E-state index contributed by atoms with van der Waals surface area (Å²) in [5.41, 5.74) is 5.48. The van der Waals surface area contributed by atoms with Crippen molar-refractivity contribution < 1.29 is 71.3 Å². The third-order valence-electron chi connectivity index (χ3n) is 10.6. The predicted molar refractivity (Wildman–Crippen MR) is 257 cm³/mol. The Morgan fingerprint density at radius 3 is 1.73 bits per heavy atom. The Balaban J connectivity index is 0.861. The van der Waals surface area contributed by atoms with Crippen molar-refractivity contribution in [1.82, 2.24) is 25.6 Å². The summed E-state index contributed by atoms with van der Waals surface area (Å²) in [4.78, 5) is 49.9. The lowest BCUT2D eigenvalue weighted by molar-refractivity contribution is -0.143. The first-order valence-corrected chi connectivity index (χ1v) is 23.9. The molecule has 1 aliphatic rings. The zero-order chi connectivity index (χ0) is 50.1. The van der Waals surface area contributed by atoms with E-state index in [0.29, 0.717) is 156 Å². The highest BCUT2D eigenvalue weighted by molar-refractivity contribution is 6.00. The lowest BCUT2D eigenvalue weighted by Gasteiger charge is -2.28. The van der Waals surface area contributed by atoms with Crippen LogP contribution >= 0.6 is 0 Å². The number of hydrogen-bond donors (Lipinski definition) is 3. The van der Waals surface area contributed by atoms with Gasteiger partial charge in [0.05, 0.1) is 130 Å². The third kappa shape index (κ3) is 21.2. The Bertz CT molecular complexity index is 2180. The minimum atomic E-state index is -1.13. The van der Waals surface area contributed by atoms with Crippen LogP contribution in [0.25, 0.3) is 22.5 Å². The highest BCUT2D eigenvalue weighted by atomic mass is 19.1. The summed E-state index contributed by atoms with van der Waals surface area (Å²) < 4.78 is 64.2. The fraction of sp³-hybridized carbons (Fsp3) is 0.520. The number of carboxylic acids is 1. The Labute approximate surface area is 413 Å². The molecule has 3 N–H and O–H groups in total. The van der Waals surface area contributed by atoms with Crippen molar-refractivity contribution in [2.75, 3.05) is 137 Å². The molecule has 2 heterocycles. The molecule has 3 aromatic carbocycles. The molecule has 0 saturated heterocycles. The van der Waals surface area contributed by atoms with Gasteiger partial charge in [0, 0.05) is 36.2 Å². The van der Waals surface area contributed by atoms with Crippen LogP contribution in [0.5, 0.6) is 0 Å². The van der Waals surface area contributed by atoms with Gasteiger partial charge in [-0.1, -0.05) is 54.1 Å². The van der Waals surface area contributed by atoms with E-state index in [-0.39, 0.29) is 25.0 Å². The second-order valence-electron chi connectivity index (χ2n) is 15.9. The number of fused-ring (bicyclic) bond motifs is 5. The van der Waals surface area contributed by atoms with Gasteiger partial charge < -0.3 is 63.3 Å². The molecule has 4 aromatic rings. The third-order valence-corrected chi connectivity index (χ3v) is 10.6. The molecule has 20 nitrogen and oxygen atoms in total. The standard InChI is InChI=1S/C50H67FN6O14/c51-41-15-13-39(14-16-41)50(62)53-17-7-1-2-12-46(59)56-36-40-8-3-4-9-42(40)49-48(43-10-5-6-11-44(43)56)54-55-57(49)19-21-64-23-25-66-27-29-68-31-33-70-35-34-69-32-30-67-28-26-65-24-22-63-20-18-52-45(58)37-71-38-47(60)61/h3-6,8-11,13-16H,1-2,7,12,17-38H2,(H,52,58)(H,53,62)(H,60,61). The van der Waals surface area contributed by atoms with Crippen molar-refractivity contribution in [3.8, 4) is 22.5 Å². The van der Waals surface area contributed by atoms with E-state index in [2.05, 4.69) is 25.7 Å². The second-order valence-corrected chi connectivity index (χ2v) is 15.9. The van der Waals surface area contributed by atoms with Gasteiger partial charge in [0.15, 0.2) is 0 Å². The van der Waals surface area contributed by atoms with E-state index < -0.39 is 24.3 Å². The molecule has 1 aromatic heterocycles. The minimum Gasteiger partial charge on any atom is -0.480 e. The molecule has 71 heavy (non-hydrogen) atoms. The van der Waals surface area contributed by atoms with Crippen LogP contribution in [0.1, 0.15) is 41.6 Å². The lowest BCUT2D eigenvalue weighted by Crippen LogP contribution is -2.31. The zero-order valence-electron chi connectivity index (χ0n) is 40.2. The average Bonchev–Trinajstić information content (AvgIpc) is 3.78. The molecule has 388 valence electrons. The van der Waals surface area contributed by atoms with Gasteiger partial charge in [-0.25, -0.2) is 13.9 Å². The molecular weight excluding hydrogens is 928 g/mol. The SMILES string of the molecule is O=C(O)COCC(=O)NCCOCCOCCOCCOCCOCCOCCOCCOCCn1nnc2c1-c1ccccc1CN(C(=O)CCCCCNC(=O)c1ccc(F)cc1)c1ccccc1-2. The maximum absolute atomic E-state index is 13.9. The highest BCUT2D eigenvalue weighted by Gasteiger charge is 2.29. The molecule has 0 bridgehead atoms. The van der Waals surface area contributed by atoms with Gasteiger partial charge in [-0.05, 0) is 48.7 Å². The quantitative estimate of drug-likeness (QED) is 0.0541. The largest absolute Gasteiger partial charge is 0.480 e. The molecule has 0 spiro atoms. The van der Waals surface area contributed by atoms with Gasteiger partial charge in [0.1, 0.15) is 24.7 Å². The van der Waals surface area contributed by atoms with Gasteiger partial charge in [-0.15, -0.1) is 5.10 Å². The molecule has 0 fully saturated rings. The summed E-state index contributed by atoms with van der Waals surface area (Å²) in [5.74, 6) is -2.18. The van der Waals surface area contributed by atoms with Crippen molar-refractivity contribution in [3.05, 3.63) is 89.7 Å². The summed E-state index contributed by atoms with van der Waals surface area (Å²) in [7, 11) is 0. The second kappa shape index (κ2) is 33.8. The number of aromatic nitrogens is 3. The molecule has 0 unspecified atom stereocenters. The molecule has 0 atom stereocenters. The summed E-state index contributed by atoms with van der Waals surface area (Å²) in [6.07, 6.45) is 2.47. The number of nitrogens with one attached hydrogen (secondary N) is 2. The number of carbonyl (C=O) groups is 4. The van der Waals surface area contributed by atoms with Crippen LogP contribution in [0.15, 0.2) is 72.8 Å². The molecular formula is C50H67FN6O14. The number of benzene rings is 3. The van der Waals surface area contributed by atoms with Gasteiger partial charge in [0.25, 0.3) is 5.91 Å². The number of nitrogens with zero attached hydrogens (tertiary/aromatic N) is 4. The van der Waals surface area contributed by atoms with Crippen LogP contribution in [-0.2, 0) is 70.1 Å². The van der Waals surface area contributed by atoms with E-state index >= 15 is 0 Å². The zero-order valence-corrected chi connectivity index (χ0v) is 40.2. The molecule has 0 radical (unpaired) electrons. The first-order valence-electron chi connectivity index (χ1n) is 23.9. The van der Waals surface area contributed by atoms with Crippen LogP contribution in [0.2, 0.25) is 0 Å². The number of aliphatic carboxylic acids is 1. The topological polar surface area (TPSA) is 230 Å². The number of hydrogen-bond acceptors (Lipinski definition) is 15. The maximum Gasteiger partial charge on any atom is 0.329 e. The number of carboxylic acid groups (broad SMARTS) is 1. The fourth-order valence-electron chi connectivity index (χ4n) is 7.15. The summed E-state index contributed by atoms with van der Waals surface area (Å²) in [6, 6.07) is 21.2. The Morgan fingerprint density at radius 1 is 0.577 bits per heavy atom. The van der Waals surface area contributed by atoms with Crippen LogP contribution in [-0.4, -0.2) is 176 Å². The number of ether oxygens (including phenoxy) is 9. The number of halogens is 1. The summed E-state index contributed by atoms with van der Waals surface area (Å²) >= 11 is 0. The Hall–Kier alpha value is -5.75. The number of para-hydroxylation sites is 1. The van der Waals surface area contributed by atoms with Gasteiger partial charge >= 0.3 is 5.97 Å². The van der Waals surface area contributed by atoms with Crippen LogP contribution < -0.4 is 15.5 Å². The first kappa shape index (κ1) is 56.2. The minimum absolute atomic E-state index is 0.000459. The Kier molecular flexibility index (Phi) is 26.7. The van der Waals surface area contributed by atoms with E-state index in [1.807, 2.05) is 58.1 Å². The van der Waals surface area contributed by atoms with E-state index in [1.54, 1.807) is 0 Å². The first-order chi connectivity index (χ1) is 34.8. The number of unbranched alkanes of at least 4 members (excludes halogenated alkanes) is 2. The highest BCUT2D eigenvalue weighted by Crippen LogP contribution is 2.41. The van der Waals surface area contributed by atoms with Crippen LogP contribution in [0.4, 0.5) is 10.1 Å². The van der Waals surface area contributed by atoms with Crippen LogP contribution in [0.3, 0.4) is 0 Å². The van der Waals surface area contributed by atoms with E-state index in [4.69, 9.17) is 43.0 Å². The van der Waals surface area contributed by atoms with Crippen molar-refractivity contribution >= 4 is 29.4 Å². The van der Waals surface area contributed by atoms with Crippen molar-refractivity contribution in [2.45, 2.75) is 38.8 Å². The van der Waals surface area contributed by atoms with Gasteiger partial charge in [-0.2, -0.15) is 0 Å². The number of rotatable bonds is 38. The van der Waals surface area contributed by atoms with E-state index in [1.165, 1.54) is 24.3 Å². The van der Waals surface area contributed by atoms with Gasteiger partial charge in [0.2, 0.25) is 11.8 Å². The van der Waals surface area contributed by atoms with E-state index in [9.17, 15) is 23.6 Å². The number of anilines is 1. The van der Waals surface area contributed by atoms with Gasteiger partial charge in [-0.3, -0.25) is 14.4 Å². The van der Waals surface area contributed by atoms with E-state index in [0.717, 1.165) is 34.5 Å². The smallest absolute Gasteiger partial charge is 0.329 e. The molecule has 21 heteroatoms. The van der Waals surface area contributed by atoms with Crippen molar-refractivity contribution in [1.29, 1.82) is 0 Å². The molecule has 1 aliphatic heterocycles. The normalized spacial score (nSPS) is 11.9. The van der Waals surface area contributed by atoms with Crippen molar-refractivity contribution in [2.24, 2.45) is 0 Å². The summed E-state index contributed by atoms with van der Waals surface area (Å²) in [5, 5.41) is 23.1. The van der Waals surface area contributed by atoms with Crippen LogP contribution in [0, 0.1) is 5.82 Å². The fourth-order valence-corrected chi connectivity index (χ4v) is 7.15. The molecule has 5 rings (SSSR count). The number of amides is 3. The Morgan fingerprint density at radius 2 is 1.13 bits per heavy atom. The predicted octanol–water partition coefficient (Wildman–Crippen LogP) is 3.94. The van der Waals surface area contributed by atoms with Crippen molar-refractivity contribution in [3.63, 3.8) is 0 Å². The average molecular weight is 995 g/mol.